The highest BCUT2D eigenvalue weighted by Crippen LogP contribution is 2.51. The molecule has 1 aromatic rings. The molecule has 4 N–H and O–H groups in total. The smallest absolute Gasteiger partial charge is 0.247 e. The van der Waals surface area contributed by atoms with E-state index in [9.17, 15) is 24.9 Å². The summed E-state index contributed by atoms with van der Waals surface area (Å²) in [4.78, 5) is 28.2. The van der Waals surface area contributed by atoms with Crippen molar-refractivity contribution in [1.29, 1.82) is 0 Å². The Labute approximate surface area is 218 Å². The number of nitrogens with zero attached hydrogens (tertiary/aromatic N) is 1. The summed E-state index contributed by atoms with van der Waals surface area (Å²) in [7, 11) is 1.48. The van der Waals surface area contributed by atoms with Crippen LogP contribution in [0.5, 0.6) is 11.5 Å². The number of benzene rings is 1. The average Bonchev–Trinajstić information content (AvgIpc) is 3.30. The van der Waals surface area contributed by atoms with E-state index < -0.39 is 30.1 Å². The highest BCUT2D eigenvalue weighted by molar-refractivity contribution is 5.96. The molecule has 1 aliphatic carbocycles. The minimum Gasteiger partial charge on any atom is -0.493 e. The molecule has 1 aliphatic heterocycles. The highest BCUT2D eigenvalue weighted by Gasteiger charge is 2.51. The molecule has 0 radical (unpaired) electrons. The van der Waals surface area contributed by atoms with E-state index in [-0.39, 0.29) is 25.7 Å². The standard InChI is InChI=1S/C27H40N2O8/c1-4-6-8-22(32)29(10-7-12-36-5-2)20-15-19(27(34)28-9-11-30)23-18-13-17(16-31)14-21(35-3)25(18)37-26(23)24(20)33/h13-15,20,23-24,26,30-31,33H,4-12,16H2,1-3H3,(H,28,34)/t20-,23+,24+,26+/m1/s1. The number of unbranched alkanes of at least 4 members (excludes halogenated alkanes) is 1. The lowest BCUT2D eigenvalue weighted by atomic mass is 9.77. The van der Waals surface area contributed by atoms with E-state index in [0.717, 1.165) is 6.42 Å². The molecule has 0 bridgehead atoms. The zero-order chi connectivity index (χ0) is 26.9. The minimum absolute atomic E-state index is 0.0575. The lowest BCUT2D eigenvalue weighted by Crippen LogP contribution is -2.56. The second kappa shape index (κ2) is 13.8. The van der Waals surface area contributed by atoms with Crippen LogP contribution in [0.2, 0.25) is 0 Å². The summed E-state index contributed by atoms with van der Waals surface area (Å²) in [6, 6.07) is 2.61. The first-order chi connectivity index (χ1) is 17.9. The second-order valence-electron chi connectivity index (χ2n) is 9.26. The van der Waals surface area contributed by atoms with Gasteiger partial charge in [-0.1, -0.05) is 13.3 Å². The molecule has 10 heteroatoms. The van der Waals surface area contributed by atoms with Crippen molar-refractivity contribution in [3.8, 4) is 11.5 Å². The maximum Gasteiger partial charge on any atom is 0.247 e. The van der Waals surface area contributed by atoms with Gasteiger partial charge in [0.15, 0.2) is 11.5 Å². The number of ether oxygens (including phenoxy) is 3. The first kappa shape index (κ1) is 28.9. The number of aliphatic hydroxyl groups is 3. The topological polar surface area (TPSA) is 138 Å². The number of methoxy groups -OCH3 is 1. The van der Waals surface area contributed by atoms with Crippen LogP contribution >= 0.6 is 0 Å². The van der Waals surface area contributed by atoms with Gasteiger partial charge in [0.2, 0.25) is 11.8 Å². The summed E-state index contributed by atoms with van der Waals surface area (Å²) in [6.45, 7) is 4.90. The number of nitrogens with one attached hydrogen (secondary N) is 1. The third-order valence-electron chi connectivity index (χ3n) is 6.81. The van der Waals surface area contributed by atoms with Crippen LogP contribution < -0.4 is 14.8 Å². The highest BCUT2D eigenvalue weighted by atomic mass is 16.5. The van der Waals surface area contributed by atoms with Crippen molar-refractivity contribution in [3.63, 3.8) is 0 Å². The van der Waals surface area contributed by atoms with Crippen molar-refractivity contribution in [2.45, 2.75) is 70.3 Å². The van der Waals surface area contributed by atoms with Gasteiger partial charge >= 0.3 is 0 Å². The van der Waals surface area contributed by atoms with Crippen molar-refractivity contribution < 1.29 is 39.1 Å². The van der Waals surface area contributed by atoms with E-state index in [1.54, 1.807) is 23.1 Å². The summed E-state index contributed by atoms with van der Waals surface area (Å²) in [6.07, 6.45) is 2.16. The van der Waals surface area contributed by atoms with Crippen molar-refractivity contribution in [2.24, 2.45) is 0 Å². The maximum absolute atomic E-state index is 13.3. The Balaban J connectivity index is 2.05. The van der Waals surface area contributed by atoms with Gasteiger partial charge in [0.25, 0.3) is 0 Å². The fraction of sp³-hybridized carbons (Fsp3) is 0.630. The van der Waals surface area contributed by atoms with Crippen molar-refractivity contribution >= 4 is 11.8 Å². The fourth-order valence-corrected chi connectivity index (χ4v) is 5.01. The van der Waals surface area contributed by atoms with Gasteiger partial charge in [-0.2, -0.15) is 0 Å². The maximum atomic E-state index is 13.3. The number of fused-ring (bicyclic) bond motifs is 3. The molecular weight excluding hydrogens is 480 g/mol. The summed E-state index contributed by atoms with van der Waals surface area (Å²) in [5, 5.41) is 33.3. The van der Waals surface area contributed by atoms with Gasteiger partial charge in [0.05, 0.1) is 32.3 Å². The molecule has 0 saturated heterocycles. The van der Waals surface area contributed by atoms with Crippen LogP contribution in [0.15, 0.2) is 23.8 Å². The van der Waals surface area contributed by atoms with E-state index >= 15 is 0 Å². The number of carbonyl (C=O) groups excluding carboxylic acids is 2. The van der Waals surface area contributed by atoms with Crippen molar-refractivity contribution in [3.05, 3.63) is 34.9 Å². The van der Waals surface area contributed by atoms with Crippen LogP contribution in [-0.4, -0.2) is 90.3 Å². The molecule has 0 aromatic heterocycles. The van der Waals surface area contributed by atoms with Gasteiger partial charge in [0, 0.05) is 43.9 Å². The molecule has 2 amide bonds. The zero-order valence-corrected chi connectivity index (χ0v) is 21.9. The van der Waals surface area contributed by atoms with E-state index in [1.807, 2.05) is 13.8 Å². The predicted octanol–water partition coefficient (Wildman–Crippen LogP) is 1.26. The Kier molecular flexibility index (Phi) is 10.7. The lowest BCUT2D eigenvalue weighted by molar-refractivity contribution is -0.137. The normalized spacial score (nSPS) is 21.9. The molecule has 2 aliphatic rings. The predicted molar refractivity (Wildman–Crippen MR) is 136 cm³/mol. The summed E-state index contributed by atoms with van der Waals surface area (Å²) >= 11 is 0. The molecule has 0 fully saturated rings. The number of aliphatic hydroxyl groups excluding tert-OH is 3. The summed E-state index contributed by atoms with van der Waals surface area (Å²) < 4.78 is 17.2. The molecule has 206 valence electrons. The molecular formula is C27H40N2O8. The Morgan fingerprint density at radius 1 is 1.19 bits per heavy atom. The van der Waals surface area contributed by atoms with Gasteiger partial charge in [-0.05, 0) is 43.5 Å². The Hall–Kier alpha value is -2.66. The fourth-order valence-electron chi connectivity index (χ4n) is 5.01. The van der Waals surface area contributed by atoms with Crippen LogP contribution in [0.4, 0.5) is 0 Å². The SMILES string of the molecule is CCCCC(=O)N(CCCOCC)[C@@H]1C=C(C(=O)NCCO)[C@@H]2c3cc(CO)cc(OC)c3O[C@@H]2[C@H]1O. The van der Waals surface area contributed by atoms with Crippen LogP contribution in [0, 0.1) is 0 Å². The second-order valence-corrected chi connectivity index (χ2v) is 9.26. The molecule has 0 saturated carbocycles. The van der Waals surface area contributed by atoms with Gasteiger partial charge in [-0.25, -0.2) is 0 Å². The van der Waals surface area contributed by atoms with E-state index in [4.69, 9.17) is 14.2 Å². The lowest BCUT2D eigenvalue weighted by Gasteiger charge is -2.40. The third kappa shape index (κ3) is 6.43. The number of hydrogen-bond acceptors (Lipinski definition) is 8. The molecule has 1 heterocycles. The number of hydrogen-bond donors (Lipinski definition) is 4. The quantitative estimate of drug-likeness (QED) is 0.269. The molecule has 37 heavy (non-hydrogen) atoms. The van der Waals surface area contributed by atoms with Crippen molar-refractivity contribution in [2.75, 3.05) is 40.0 Å². The van der Waals surface area contributed by atoms with Crippen LogP contribution in [0.3, 0.4) is 0 Å². The molecule has 3 rings (SSSR count). The molecule has 4 atom stereocenters. The van der Waals surface area contributed by atoms with Crippen molar-refractivity contribution in [1.82, 2.24) is 10.2 Å². The number of rotatable bonds is 14. The van der Waals surface area contributed by atoms with E-state index in [0.29, 0.717) is 67.2 Å². The Morgan fingerprint density at radius 2 is 1.97 bits per heavy atom. The molecule has 0 spiro atoms. The molecule has 0 unspecified atom stereocenters. The number of amides is 2. The molecule has 1 aromatic carbocycles. The Bertz CT molecular complexity index is 966. The van der Waals surface area contributed by atoms with Gasteiger partial charge in [0.1, 0.15) is 12.2 Å². The zero-order valence-electron chi connectivity index (χ0n) is 21.9. The molecule has 10 nitrogen and oxygen atoms in total. The van der Waals surface area contributed by atoms with Gasteiger partial charge in [-0.3, -0.25) is 9.59 Å². The van der Waals surface area contributed by atoms with Crippen LogP contribution in [0.1, 0.15) is 56.6 Å². The van der Waals surface area contributed by atoms with E-state index in [1.165, 1.54) is 7.11 Å². The van der Waals surface area contributed by atoms with Crippen LogP contribution in [-0.2, 0) is 20.9 Å². The average molecular weight is 521 g/mol. The van der Waals surface area contributed by atoms with Crippen LogP contribution in [0.25, 0.3) is 0 Å². The largest absolute Gasteiger partial charge is 0.493 e. The Morgan fingerprint density at radius 3 is 2.62 bits per heavy atom. The summed E-state index contributed by atoms with van der Waals surface area (Å²) in [5.74, 6) is -0.377. The van der Waals surface area contributed by atoms with Gasteiger partial charge in [-0.15, -0.1) is 0 Å². The monoisotopic (exact) mass is 520 g/mol. The third-order valence-corrected chi connectivity index (χ3v) is 6.81. The van der Waals surface area contributed by atoms with E-state index in [2.05, 4.69) is 5.32 Å². The first-order valence-electron chi connectivity index (χ1n) is 13.1. The summed E-state index contributed by atoms with van der Waals surface area (Å²) in [5.41, 5.74) is 1.54. The number of carbonyl (C=O) groups is 2. The van der Waals surface area contributed by atoms with Gasteiger partial charge < -0.3 is 39.7 Å². The first-order valence-corrected chi connectivity index (χ1v) is 13.1. The minimum atomic E-state index is -1.12.